The highest BCUT2D eigenvalue weighted by molar-refractivity contribution is 5.78. The summed E-state index contributed by atoms with van der Waals surface area (Å²) < 4.78 is 32.1. The summed E-state index contributed by atoms with van der Waals surface area (Å²) in [5, 5.41) is 6.24. The Balaban J connectivity index is 1.61. The van der Waals surface area contributed by atoms with Crippen LogP contribution in [0.1, 0.15) is 11.5 Å². The van der Waals surface area contributed by atoms with Crippen molar-refractivity contribution in [1.82, 2.24) is 15.5 Å². The van der Waals surface area contributed by atoms with Crippen LogP contribution in [0.5, 0.6) is 0 Å². The summed E-state index contributed by atoms with van der Waals surface area (Å²) in [5.41, 5.74) is 0.512. The van der Waals surface area contributed by atoms with Crippen molar-refractivity contribution in [1.29, 1.82) is 0 Å². The van der Waals surface area contributed by atoms with Gasteiger partial charge in [-0.3, -0.25) is 4.79 Å². The maximum Gasteiger partial charge on any atom is 0.246 e. The number of amides is 1. The lowest BCUT2D eigenvalue weighted by Gasteiger charge is -2.03. The van der Waals surface area contributed by atoms with E-state index in [-0.39, 0.29) is 36.2 Å². The third-order valence-electron chi connectivity index (χ3n) is 3.33. The summed E-state index contributed by atoms with van der Waals surface area (Å²) >= 11 is 0. The molecule has 122 valence electrons. The van der Waals surface area contributed by atoms with Crippen molar-refractivity contribution in [3.05, 3.63) is 71.6 Å². The zero-order chi connectivity index (χ0) is 16.9. The Bertz CT molecular complexity index is 864. The van der Waals surface area contributed by atoms with Crippen LogP contribution in [0, 0.1) is 11.6 Å². The van der Waals surface area contributed by atoms with Crippen LogP contribution in [0.3, 0.4) is 0 Å². The maximum atomic E-state index is 13.7. The minimum absolute atomic E-state index is 0.0191. The Labute approximate surface area is 136 Å². The molecule has 0 radical (unpaired) electrons. The summed E-state index contributed by atoms with van der Waals surface area (Å²) in [5.74, 6) is -1.05. The van der Waals surface area contributed by atoms with Gasteiger partial charge in [0.1, 0.15) is 11.6 Å². The number of halogens is 2. The molecule has 0 fully saturated rings. The molecule has 0 aliphatic heterocycles. The SMILES string of the molecule is O=C(Cc1ccccc1F)NCc1nc(-c2ccccc2F)no1. The number of nitrogens with one attached hydrogen (secondary N) is 1. The maximum absolute atomic E-state index is 13.7. The first-order valence-corrected chi connectivity index (χ1v) is 7.21. The van der Waals surface area contributed by atoms with E-state index in [9.17, 15) is 13.6 Å². The minimum Gasteiger partial charge on any atom is -0.347 e. The first-order chi connectivity index (χ1) is 11.6. The average Bonchev–Trinajstić information content (AvgIpc) is 3.04. The molecule has 24 heavy (non-hydrogen) atoms. The Kier molecular flexibility index (Phi) is 4.60. The number of carbonyl (C=O) groups excluding carboxylic acids is 1. The van der Waals surface area contributed by atoms with Crippen molar-refractivity contribution < 1.29 is 18.1 Å². The van der Waals surface area contributed by atoms with Crippen LogP contribution in [0.2, 0.25) is 0 Å². The van der Waals surface area contributed by atoms with Crippen molar-refractivity contribution >= 4 is 5.91 Å². The van der Waals surface area contributed by atoms with Crippen LogP contribution in [0.4, 0.5) is 8.78 Å². The van der Waals surface area contributed by atoms with Gasteiger partial charge in [0.15, 0.2) is 0 Å². The summed E-state index contributed by atoms with van der Waals surface area (Å²) in [6, 6.07) is 12.1. The molecule has 0 aliphatic carbocycles. The molecular formula is C17H13F2N3O2. The third kappa shape index (κ3) is 3.62. The van der Waals surface area contributed by atoms with Gasteiger partial charge in [-0.05, 0) is 23.8 Å². The van der Waals surface area contributed by atoms with E-state index in [0.29, 0.717) is 5.56 Å². The molecule has 5 nitrogen and oxygen atoms in total. The van der Waals surface area contributed by atoms with Gasteiger partial charge < -0.3 is 9.84 Å². The van der Waals surface area contributed by atoms with E-state index in [1.807, 2.05) is 0 Å². The lowest BCUT2D eigenvalue weighted by molar-refractivity contribution is -0.120. The monoisotopic (exact) mass is 329 g/mol. The zero-order valence-electron chi connectivity index (χ0n) is 12.5. The molecule has 3 aromatic rings. The van der Waals surface area contributed by atoms with Gasteiger partial charge in [0, 0.05) is 0 Å². The van der Waals surface area contributed by atoms with Gasteiger partial charge >= 0.3 is 0 Å². The molecule has 0 bridgehead atoms. The van der Waals surface area contributed by atoms with Crippen molar-refractivity contribution in [2.45, 2.75) is 13.0 Å². The predicted molar refractivity (Wildman–Crippen MR) is 81.6 cm³/mol. The molecule has 1 amide bonds. The van der Waals surface area contributed by atoms with Crippen LogP contribution in [0.15, 0.2) is 53.1 Å². The first kappa shape index (κ1) is 15.8. The molecule has 0 spiro atoms. The lowest BCUT2D eigenvalue weighted by atomic mass is 10.1. The van der Waals surface area contributed by atoms with Crippen LogP contribution in [0.25, 0.3) is 11.4 Å². The molecule has 1 aromatic heterocycles. The average molecular weight is 329 g/mol. The number of hydrogen-bond acceptors (Lipinski definition) is 4. The largest absolute Gasteiger partial charge is 0.347 e. The van der Waals surface area contributed by atoms with Crippen LogP contribution in [-0.4, -0.2) is 16.0 Å². The highest BCUT2D eigenvalue weighted by atomic mass is 19.1. The Morgan fingerprint density at radius 3 is 2.50 bits per heavy atom. The highest BCUT2D eigenvalue weighted by Gasteiger charge is 2.13. The van der Waals surface area contributed by atoms with E-state index >= 15 is 0 Å². The van der Waals surface area contributed by atoms with Gasteiger partial charge in [0.05, 0.1) is 18.5 Å². The zero-order valence-corrected chi connectivity index (χ0v) is 12.5. The van der Waals surface area contributed by atoms with E-state index in [0.717, 1.165) is 0 Å². The van der Waals surface area contributed by atoms with Gasteiger partial charge in [0.25, 0.3) is 0 Å². The molecule has 0 saturated heterocycles. The van der Waals surface area contributed by atoms with E-state index in [2.05, 4.69) is 15.5 Å². The van der Waals surface area contributed by atoms with Crippen molar-refractivity contribution in [3.8, 4) is 11.4 Å². The summed E-state index contributed by atoms with van der Waals surface area (Å²) in [4.78, 5) is 15.9. The number of carbonyl (C=O) groups is 1. The fourth-order valence-electron chi connectivity index (χ4n) is 2.13. The van der Waals surface area contributed by atoms with Crippen molar-refractivity contribution in [3.63, 3.8) is 0 Å². The quantitative estimate of drug-likeness (QED) is 0.781. The first-order valence-electron chi connectivity index (χ1n) is 7.21. The van der Waals surface area contributed by atoms with Crippen LogP contribution < -0.4 is 5.32 Å². The van der Waals surface area contributed by atoms with E-state index < -0.39 is 11.6 Å². The smallest absolute Gasteiger partial charge is 0.246 e. The Morgan fingerprint density at radius 1 is 1.04 bits per heavy atom. The number of nitrogens with zero attached hydrogens (tertiary/aromatic N) is 2. The van der Waals surface area contributed by atoms with Gasteiger partial charge in [-0.1, -0.05) is 35.5 Å². The molecule has 0 aliphatic rings. The number of rotatable bonds is 5. The van der Waals surface area contributed by atoms with E-state index in [1.54, 1.807) is 24.3 Å². The fourth-order valence-corrected chi connectivity index (χ4v) is 2.13. The van der Waals surface area contributed by atoms with Gasteiger partial charge in [-0.15, -0.1) is 0 Å². The van der Waals surface area contributed by atoms with Gasteiger partial charge in [-0.25, -0.2) is 8.78 Å². The van der Waals surface area contributed by atoms with E-state index in [1.165, 1.54) is 24.3 Å². The second kappa shape index (κ2) is 6.99. The Morgan fingerprint density at radius 2 is 1.75 bits per heavy atom. The molecule has 7 heteroatoms. The highest BCUT2D eigenvalue weighted by Crippen LogP contribution is 2.19. The summed E-state index contributed by atoms with van der Waals surface area (Å²) in [7, 11) is 0. The molecule has 1 heterocycles. The van der Waals surface area contributed by atoms with Crippen molar-refractivity contribution in [2.75, 3.05) is 0 Å². The lowest BCUT2D eigenvalue weighted by Crippen LogP contribution is -2.25. The van der Waals surface area contributed by atoms with E-state index in [4.69, 9.17) is 4.52 Å². The van der Waals surface area contributed by atoms with Crippen LogP contribution in [-0.2, 0) is 17.8 Å². The molecule has 0 atom stereocenters. The molecule has 3 rings (SSSR count). The standard InChI is InChI=1S/C17H13F2N3O2/c18-13-7-3-1-5-11(13)9-15(23)20-10-16-21-17(22-24-16)12-6-2-4-8-14(12)19/h1-8H,9-10H2,(H,20,23). The third-order valence-corrected chi connectivity index (χ3v) is 3.33. The fraction of sp³-hybridized carbons (Fsp3) is 0.118. The minimum atomic E-state index is -0.464. The predicted octanol–water partition coefficient (Wildman–Crippen LogP) is 2.87. The molecule has 0 unspecified atom stereocenters. The number of hydrogen-bond donors (Lipinski definition) is 1. The van der Waals surface area contributed by atoms with Crippen LogP contribution >= 0.6 is 0 Å². The normalized spacial score (nSPS) is 10.6. The molecular weight excluding hydrogens is 316 g/mol. The number of benzene rings is 2. The number of aromatic nitrogens is 2. The summed E-state index contributed by atoms with van der Waals surface area (Å²) in [6.45, 7) is -0.0191. The molecule has 1 N–H and O–H groups in total. The second-order valence-corrected chi connectivity index (χ2v) is 5.04. The van der Waals surface area contributed by atoms with Gasteiger partial charge in [0.2, 0.25) is 17.6 Å². The van der Waals surface area contributed by atoms with Crippen molar-refractivity contribution in [2.24, 2.45) is 0 Å². The molecule has 0 saturated carbocycles. The summed E-state index contributed by atoms with van der Waals surface area (Å²) in [6.07, 6.45) is -0.0962. The Hall–Kier alpha value is -3.09. The second-order valence-electron chi connectivity index (χ2n) is 5.04. The topological polar surface area (TPSA) is 68.0 Å². The molecule has 2 aromatic carbocycles. The van der Waals surface area contributed by atoms with Gasteiger partial charge in [-0.2, -0.15) is 4.98 Å².